The summed E-state index contributed by atoms with van der Waals surface area (Å²) in [5, 5.41) is 7.10. The van der Waals surface area contributed by atoms with E-state index >= 15 is 0 Å². The number of sulfone groups is 1. The quantitative estimate of drug-likeness (QED) is 0.756. The maximum Gasteiger partial charge on any atom is 0.254 e. The van der Waals surface area contributed by atoms with Crippen molar-refractivity contribution < 1.29 is 13.2 Å². The van der Waals surface area contributed by atoms with E-state index in [0.717, 1.165) is 18.7 Å². The Hall–Kier alpha value is -1.41. The second-order valence-corrected chi connectivity index (χ2v) is 8.29. The lowest BCUT2D eigenvalue weighted by Gasteiger charge is -2.12. The van der Waals surface area contributed by atoms with E-state index in [2.05, 4.69) is 15.3 Å². The van der Waals surface area contributed by atoms with Gasteiger partial charge in [0.25, 0.3) is 5.91 Å². The normalized spacial score (nSPS) is 20.5. The molecule has 124 valence electrons. The maximum absolute atomic E-state index is 12.2. The topological polar surface area (TPSA) is 84.3 Å². The summed E-state index contributed by atoms with van der Waals surface area (Å²) in [6.45, 7) is 3.34. The predicted molar refractivity (Wildman–Crippen MR) is 84.8 cm³/mol. The van der Waals surface area contributed by atoms with E-state index in [1.165, 1.54) is 6.20 Å². The second-order valence-electron chi connectivity index (χ2n) is 6.06. The molecular formula is C14H24N4O3S. The summed E-state index contributed by atoms with van der Waals surface area (Å²) in [5.74, 6) is 0.158. The van der Waals surface area contributed by atoms with Crippen LogP contribution in [0.2, 0.25) is 0 Å². The van der Waals surface area contributed by atoms with E-state index in [1.807, 2.05) is 21.0 Å². The van der Waals surface area contributed by atoms with Gasteiger partial charge in [0.15, 0.2) is 9.84 Å². The van der Waals surface area contributed by atoms with E-state index < -0.39 is 9.84 Å². The van der Waals surface area contributed by atoms with E-state index in [-0.39, 0.29) is 23.5 Å². The number of hydrogen-bond donors (Lipinski definition) is 1. The lowest BCUT2D eigenvalue weighted by atomic mass is 10.2. The van der Waals surface area contributed by atoms with E-state index in [1.54, 1.807) is 4.68 Å². The van der Waals surface area contributed by atoms with Crippen LogP contribution in [-0.2, 0) is 9.84 Å². The van der Waals surface area contributed by atoms with Crippen LogP contribution in [-0.4, -0.2) is 67.7 Å². The van der Waals surface area contributed by atoms with Crippen molar-refractivity contribution in [3.63, 3.8) is 0 Å². The van der Waals surface area contributed by atoms with Gasteiger partial charge in [0, 0.05) is 12.2 Å². The Kier molecular flexibility index (Phi) is 5.23. The highest BCUT2D eigenvalue weighted by Gasteiger charge is 2.31. The molecule has 1 aromatic heterocycles. The summed E-state index contributed by atoms with van der Waals surface area (Å²) in [7, 11) is 1.02. The first-order valence-electron chi connectivity index (χ1n) is 7.47. The Morgan fingerprint density at radius 2 is 2.23 bits per heavy atom. The van der Waals surface area contributed by atoms with Crippen LogP contribution in [0.25, 0.3) is 0 Å². The molecule has 1 N–H and O–H groups in total. The molecule has 1 unspecified atom stereocenters. The number of nitrogens with one attached hydrogen (secondary N) is 1. The smallest absolute Gasteiger partial charge is 0.254 e. The molecule has 1 aromatic rings. The summed E-state index contributed by atoms with van der Waals surface area (Å²) in [6, 6.07) is -0.153. The molecular weight excluding hydrogens is 304 g/mol. The zero-order valence-corrected chi connectivity index (χ0v) is 14.2. The molecule has 2 rings (SSSR count). The van der Waals surface area contributed by atoms with Gasteiger partial charge in [-0.2, -0.15) is 5.10 Å². The lowest BCUT2D eigenvalue weighted by Crippen LogP contribution is -2.27. The number of hydrogen-bond acceptors (Lipinski definition) is 5. The molecule has 0 spiro atoms. The SMILES string of the molecule is Cc1c(C(=O)NCCCN(C)C)cnn1C1CCS(=O)(=O)C1. The Bertz CT molecular complexity index is 637. The summed E-state index contributed by atoms with van der Waals surface area (Å²) >= 11 is 0. The molecule has 1 saturated heterocycles. The molecule has 0 aliphatic carbocycles. The Morgan fingerprint density at radius 1 is 1.50 bits per heavy atom. The number of aromatic nitrogens is 2. The van der Waals surface area contributed by atoms with Gasteiger partial charge in [-0.3, -0.25) is 9.48 Å². The minimum absolute atomic E-state index is 0.111. The fourth-order valence-corrected chi connectivity index (χ4v) is 4.37. The van der Waals surface area contributed by atoms with Gasteiger partial charge in [0.05, 0.1) is 29.3 Å². The van der Waals surface area contributed by atoms with Crippen LogP contribution >= 0.6 is 0 Å². The van der Waals surface area contributed by atoms with Crippen molar-refractivity contribution in [2.45, 2.75) is 25.8 Å². The van der Waals surface area contributed by atoms with Crippen molar-refractivity contribution in [1.29, 1.82) is 0 Å². The maximum atomic E-state index is 12.2. The fourth-order valence-electron chi connectivity index (χ4n) is 2.68. The minimum Gasteiger partial charge on any atom is -0.352 e. The highest BCUT2D eigenvalue weighted by atomic mass is 32.2. The van der Waals surface area contributed by atoms with Crippen molar-refractivity contribution in [2.24, 2.45) is 0 Å². The van der Waals surface area contributed by atoms with Gasteiger partial charge in [-0.1, -0.05) is 0 Å². The minimum atomic E-state index is -2.96. The molecule has 22 heavy (non-hydrogen) atoms. The van der Waals surface area contributed by atoms with Gasteiger partial charge in [-0.25, -0.2) is 8.42 Å². The van der Waals surface area contributed by atoms with Crippen LogP contribution in [0.3, 0.4) is 0 Å². The van der Waals surface area contributed by atoms with E-state index in [4.69, 9.17) is 0 Å². The first-order chi connectivity index (χ1) is 10.3. The predicted octanol–water partition coefficient (Wildman–Crippen LogP) is 0.233. The van der Waals surface area contributed by atoms with Crippen LogP contribution < -0.4 is 5.32 Å². The van der Waals surface area contributed by atoms with Gasteiger partial charge in [0.2, 0.25) is 0 Å². The van der Waals surface area contributed by atoms with Crippen LogP contribution in [0, 0.1) is 6.92 Å². The van der Waals surface area contributed by atoms with Gasteiger partial charge >= 0.3 is 0 Å². The molecule has 0 radical (unpaired) electrons. The van der Waals surface area contributed by atoms with Crippen LogP contribution in [0.15, 0.2) is 6.20 Å². The molecule has 8 heteroatoms. The number of rotatable bonds is 6. The number of carbonyl (C=O) groups excluding carboxylic acids is 1. The van der Waals surface area contributed by atoms with Crippen molar-refractivity contribution in [3.05, 3.63) is 17.5 Å². The summed E-state index contributed by atoms with van der Waals surface area (Å²) < 4.78 is 24.8. The highest BCUT2D eigenvalue weighted by Crippen LogP contribution is 2.25. The summed E-state index contributed by atoms with van der Waals surface area (Å²) in [4.78, 5) is 14.2. The Labute approximate surface area is 131 Å². The third-order valence-electron chi connectivity index (χ3n) is 3.91. The summed E-state index contributed by atoms with van der Waals surface area (Å²) in [5.41, 5.74) is 1.25. The van der Waals surface area contributed by atoms with E-state index in [9.17, 15) is 13.2 Å². The molecule has 2 heterocycles. The zero-order valence-electron chi connectivity index (χ0n) is 13.4. The monoisotopic (exact) mass is 328 g/mol. The summed E-state index contributed by atoms with van der Waals surface area (Å²) in [6.07, 6.45) is 2.98. The lowest BCUT2D eigenvalue weighted by molar-refractivity contribution is 0.0951. The number of nitrogens with zero attached hydrogens (tertiary/aromatic N) is 3. The standard InChI is InChI=1S/C14H24N4O3S/c1-11-13(14(19)15-6-4-7-17(2)3)9-16-18(11)12-5-8-22(20,21)10-12/h9,12H,4-8,10H2,1-3H3,(H,15,19). The van der Waals surface area contributed by atoms with Gasteiger partial charge in [-0.15, -0.1) is 0 Å². The van der Waals surface area contributed by atoms with Gasteiger partial charge in [0.1, 0.15) is 0 Å². The average Bonchev–Trinajstić information content (AvgIpc) is 2.97. The van der Waals surface area contributed by atoms with Gasteiger partial charge < -0.3 is 10.2 Å². The molecule has 1 amide bonds. The van der Waals surface area contributed by atoms with Crippen LogP contribution in [0.1, 0.15) is 34.9 Å². The van der Waals surface area contributed by atoms with Crippen molar-refractivity contribution in [1.82, 2.24) is 20.0 Å². The molecule has 1 aliphatic heterocycles. The van der Waals surface area contributed by atoms with Crippen molar-refractivity contribution >= 4 is 15.7 Å². The third-order valence-corrected chi connectivity index (χ3v) is 5.66. The zero-order chi connectivity index (χ0) is 16.3. The van der Waals surface area contributed by atoms with Crippen LogP contribution in [0.4, 0.5) is 0 Å². The average molecular weight is 328 g/mol. The molecule has 1 fully saturated rings. The third kappa shape index (κ3) is 4.07. The number of carbonyl (C=O) groups is 1. The van der Waals surface area contributed by atoms with Gasteiger partial charge in [-0.05, 0) is 40.4 Å². The highest BCUT2D eigenvalue weighted by molar-refractivity contribution is 7.91. The Balaban J connectivity index is 1.97. The molecule has 1 aliphatic rings. The van der Waals surface area contributed by atoms with Crippen molar-refractivity contribution in [2.75, 3.05) is 38.7 Å². The fraction of sp³-hybridized carbons (Fsp3) is 0.714. The van der Waals surface area contributed by atoms with Crippen molar-refractivity contribution in [3.8, 4) is 0 Å². The largest absolute Gasteiger partial charge is 0.352 e. The first-order valence-corrected chi connectivity index (χ1v) is 9.30. The van der Waals surface area contributed by atoms with Crippen LogP contribution in [0.5, 0.6) is 0 Å². The molecule has 0 bridgehead atoms. The molecule has 7 nitrogen and oxygen atoms in total. The second kappa shape index (κ2) is 6.78. The Morgan fingerprint density at radius 3 is 2.82 bits per heavy atom. The molecule has 0 aromatic carbocycles. The van der Waals surface area contributed by atoms with E-state index in [0.29, 0.717) is 18.5 Å². The first kappa shape index (κ1) is 17.0. The molecule has 1 atom stereocenters. The molecule has 0 saturated carbocycles. The number of amides is 1.